The number of ether oxygens (including phenoxy) is 1. The number of benzene rings is 1. The van der Waals surface area contributed by atoms with Crippen LogP contribution in [0.4, 0.5) is 5.69 Å². The molecular formula is C23H39N5O. The molecule has 2 fully saturated rings. The minimum absolute atomic E-state index is 0.909. The van der Waals surface area contributed by atoms with Crippen LogP contribution in [0.5, 0.6) is 5.75 Å². The Hall–Kier alpha value is -1.95. The van der Waals surface area contributed by atoms with Gasteiger partial charge in [0.05, 0.1) is 7.11 Å². The molecule has 1 aromatic rings. The molecule has 0 atom stereocenters. The molecule has 162 valence electrons. The number of hydrogen-bond acceptors (Lipinski definition) is 4. The maximum absolute atomic E-state index is 5.26. The van der Waals surface area contributed by atoms with E-state index in [0.29, 0.717) is 0 Å². The summed E-state index contributed by atoms with van der Waals surface area (Å²) in [5, 5.41) is 3.58. The Kier molecular flexibility index (Phi) is 8.47. The number of aliphatic imine (C=N–C) groups is 1. The Morgan fingerprint density at radius 3 is 2.34 bits per heavy atom. The smallest absolute Gasteiger partial charge is 0.193 e. The first kappa shape index (κ1) is 21.8. The summed E-state index contributed by atoms with van der Waals surface area (Å²) in [7, 11) is 3.60. The second-order valence-corrected chi connectivity index (χ2v) is 8.38. The fourth-order valence-corrected chi connectivity index (χ4v) is 4.25. The van der Waals surface area contributed by atoms with Gasteiger partial charge in [-0.15, -0.1) is 0 Å². The zero-order valence-electron chi connectivity index (χ0n) is 18.6. The molecule has 29 heavy (non-hydrogen) atoms. The lowest BCUT2D eigenvalue weighted by molar-refractivity contribution is 0.189. The second kappa shape index (κ2) is 11.3. The lowest BCUT2D eigenvalue weighted by atomic mass is 9.99. The highest BCUT2D eigenvalue weighted by atomic mass is 16.5. The molecule has 2 saturated heterocycles. The van der Waals surface area contributed by atoms with Gasteiger partial charge in [0.1, 0.15) is 5.75 Å². The van der Waals surface area contributed by atoms with E-state index in [1.807, 2.05) is 19.2 Å². The van der Waals surface area contributed by atoms with Gasteiger partial charge in [0.15, 0.2) is 5.96 Å². The maximum Gasteiger partial charge on any atom is 0.193 e. The average Bonchev–Trinajstić information content (AvgIpc) is 2.78. The van der Waals surface area contributed by atoms with Gasteiger partial charge in [0, 0.05) is 45.5 Å². The molecule has 1 aromatic carbocycles. The van der Waals surface area contributed by atoms with Gasteiger partial charge in [-0.3, -0.25) is 4.99 Å². The molecule has 0 spiro atoms. The summed E-state index contributed by atoms with van der Waals surface area (Å²) in [4.78, 5) is 12.0. The lowest BCUT2D eigenvalue weighted by Crippen LogP contribution is -2.52. The van der Waals surface area contributed by atoms with E-state index < -0.39 is 0 Å². The van der Waals surface area contributed by atoms with Crippen molar-refractivity contribution in [2.75, 3.05) is 71.4 Å². The number of rotatable bonds is 7. The van der Waals surface area contributed by atoms with E-state index in [1.165, 1.54) is 51.0 Å². The molecule has 0 radical (unpaired) electrons. The summed E-state index contributed by atoms with van der Waals surface area (Å²) in [5.41, 5.74) is 1.26. The van der Waals surface area contributed by atoms with E-state index in [2.05, 4.69) is 44.1 Å². The van der Waals surface area contributed by atoms with E-state index in [0.717, 1.165) is 50.4 Å². The molecule has 0 amide bonds. The Morgan fingerprint density at radius 1 is 1.03 bits per heavy atom. The van der Waals surface area contributed by atoms with Crippen LogP contribution in [0.2, 0.25) is 0 Å². The summed E-state index contributed by atoms with van der Waals surface area (Å²) in [6.07, 6.45) is 5.21. The molecule has 2 aliphatic rings. The molecule has 0 bridgehead atoms. The number of piperazine rings is 1. The van der Waals surface area contributed by atoms with E-state index in [-0.39, 0.29) is 0 Å². The molecule has 1 N–H and O–H groups in total. The zero-order chi connectivity index (χ0) is 20.5. The molecule has 6 nitrogen and oxygen atoms in total. The molecule has 0 aliphatic carbocycles. The van der Waals surface area contributed by atoms with Crippen molar-refractivity contribution in [1.29, 1.82) is 0 Å². The van der Waals surface area contributed by atoms with Crippen molar-refractivity contribution in [1.82, 2.24) is 15.1 Å². The van der Waals surface area contributed by atoms with Crippen LogP contribution < -0.4 is 15.0 Å². The third-order valence-electron chi connectivity index (χ3n) is 6.29. The van der Waals surface area contributed by atoms with Crippen LogP contribution >= 0.6 is 0 Å². The number of methoxy groups -OCH3 is 1. The lowest BCUT2D eigenvalue weighted by Gasteiger charge is -2.37. The summed E-state index contributed by atoms with van der Waals surface area (Å²) >= 11 is 0. The zero-order valence-corrected chi connectivity index (χ0v) is 18.6. The number of unbranched alkanes of at least 4 members (excludes halogenated alkanes) is 1. The van der Waals surface area contributed by atoms with Crippen molar-refractivity contribution in [3.05, 3.63) is 24.3 Å². The fourth-order valence-electron chi connectivity index (χ4n) is 4.25. The number of nitrogens with one attached hydrogen (secondary N) is 1. The standard InChI is InChI=1S/C23H39N5O/c1-20-10-14-26(15-11-20)13-5-4-12-25-23(24-2)28-18-16-27(17-19-28)21-6-8-22(29-3)9-7-21/h6-9,20H,4-5,10-19H2,1-3H3,(H,24,25). The van der Waals surface area contributed by atoms with Gasteiger partial charge in [-0.1, -0.05) is 6.92 Å². The minimum Gasteiger partial charge on any atom is -0.497 e. The molecule has 0 unspecified atom stereocenters. The van der Waals surface area contributed by atoms with Gasteiger partial charge in [0.25, 0.3) is 0 Å². The Balaban J connectivity index is 1.33. The highest BCUT2D eigenvalue weighted by molar-refractivity contribution is 5.80. The highest BCUT2D eigenvalue weighted by Crippen LogP contribution is 2.20. The predicted molar refractivity (Wildman–Crippen MR) is 122 cm³/mol. The van der Waals surface area contributed by atoms with Crippen LogP contribution in [0.3, 0.4) is 0 Å². The molecule has 3 rings (SSSR count). The Bertz CT molecular complexity index is 617. The van der Waals surface area contributed by atoms with E-state index in [1.54, 1.807) is 7.11 Å². The summed E-state index contributed by atoms with van der Waals surface area (Å²) in [5.74, 6) is 2.87. The van der Waals surface area contributed by atoms with Crippen LogP contribution in [0, 0.1) is 5.92 Å². The number of guanidine groups is 1. The van der Waals surface area contributed by atoms with Crippen LogP contribution in [0.15, 0.2) is 29.3 Å². The number of likely N-dealkylation sites (tertiary alicyclic amines) is 1. The molecule has 2 heterocycles. The summed E-state index contributed by atoms with van der Waals surface area (Å²) in [6.45, 7) is 11.2. The van der Waals surface area contributed by atoms with Crippen molar-refractivity contribution in [3.63, 3.8) is 0 Å². The number of hydrogen-bond donors (Lipinski definition) is 1. The SMILES string of the molecule is CN=C(NCCCCN1CCC(C)CC1)N1CCN(c2ccc(OC)cc2)CC1. The minimum atomic E-state index is 0.909. The topological polar surface area (TPSA) is 43.3 Å². The first-order chi connectivity index (χ1) is 14.2. The molecule has 0 aromatic heterocycles. The largest absolute Gasteiger partial charge is 0.497 e. The van der Waals surface area contributed by atoms with E-state index in [4.69, 9.17) is 4.74 Å². The molecule has 0 saturated carbocycles. The first-order valence-corrected chi connectivity index (χ1v) is 11.3. The van der Waals surface area contributed by atoms with Gasteiger partial charge in [0.2, 0.25) is 0 Å². The molecule has 2 aliphatic heterocycles. The first-order valence-electron chi connectivity index (χ1n) is 11.3. The van der Waals surface area contributed by atoms with Crippen molar-refractivity contribution in [3.8, 4) is 5.75 Å². The van der Waals surface area contributed by atoms with E-state index in [9.17, 15) is 0 Å². The summed E-state index contributed by atoms with van der Waals surface area (Å²) in [6, 6.07) is 8.36. The van der Waals surface area contributed by atoms with Gasteiger partial charge in [-0.05, 0) is 75.5 Å². The highest BCUT2D eigenvalue weighted by Gasteiger charge is 2.20. The molecular weight excluding hydrogens is 362 g/mol. The quantitative estimate of drug-likeness (QED) is 0.432. The second-order valence-electron chi connectivity index (χ2n) is 8.38. The van der Waals surface area contributed by atoms with Gasteiger partial charge in [-0.25, -0.2) is 0 Å². The number of nitrogens with zero attached hydrogens (tertiary/aromatic N) is 4. The third kappa shape index (κ3) is 6.53. The summed E-state index contributed by atoms with van der Waals surface area (Å²) < 4.78 is 5.26. The van der Waals surface area contributed by atoms with Crippen molar-refractivity contribution < 1.29 is 4.74 Å². The average molecular weight is 402 g/mol. The van der Waals surface area contributed by atoms with Crippen LogP contribution in [-0.4, -0.2) is 82.3 Å². The van der Waals surface area contributed by atoms with Crippen LogP contribution in [0.25, 0.3) is 0 Å². The predicted octanol–water partition coefficient (Wildman–Crippen LogP) is 2.90. The van der Waals surface area contributed by atoms with Crippen LogP contribution in [-0.2, 0) is 0 Å². The Morgan fingerprint density at radius 2 is 1.72 bits per heavy atom. The molecule has 6 heteroatoms. The van der Waals surface area contributed by atoms with Crippen molar-refractivity contribution in [2.24, 2.45) is 10.9 Å². The normalized spacial score (nSPS) is 19.5. The van der Waals surface area contributed by atoms with Crippen molar-refractivity contribution >= 4 is 11.6 Å². The number of piperidine rings is 1. The number of anilines is 1. The Labute approximate surface area is 176 Å². The van der Waals surface area contributed by atoms with Crippen molar-refractivity contribution in [2.45, 2.75) is 32.6 Å². The van der Waals surface area contributed by atoms with Crippen LogP contribution in [0.1, 0.15) is 32.6 Å². The van der Waals surface area contributed by atoms with Gasteiger partial charge >= 0.3 is 0 Å². The third-order valence-corrected chi connectivity index (χ3v) is 6.29. The monoisotopic (exact) mass is 401 g/mol. The van der Waals surface area contributed by atoms with E-state index >= 15 is 0 Å². The van der Waals surface area contributed by atoms with Gasteiger partial charge < -0.3 is 24.8 Å². The maximum atomic E-state index is 5.26. The van der Waals surface area contributed by atoms with Gasteiger partial charge in [-0.2, -0.15) is 0 Å². The fraction of sp³-hybridized carbons (Fsp3) is 0.696.